The summed E-state index contributed by atoms with van der Waals surface area (Å²) in [5, 5.41) is 0. The van der Waals surface area contributed by atoms with Gasteiger partial charge in [-0.05, 0) is 0 Å². The molecule has 0 spiro atoms. The molecule has 0 aromatic carbocycles. The Balaban J connectivity index is 2.29. The molecule has 2 heterocycles. The fraction of sp³-hybridized carbons (Fsp3) is 0.800. The van der Waals surface area contributed by atoms with E-state index in [9.17, 15) is 9.59 Å². The molecule has 2 aliphatic rings. The molecule has 2 bridgehead atoms. The van der Waals surface area contributed by atoms with Crippen LogP contribution in [0.5, 0.6) is 0 Å². The molecule has 2 rings (SSSR count). The van der Waals surface area contributed by atoms with E-state index >= 15 is 0 Å². The highest BCUT2D eigenvalue weighted by Gasteiger charge is 2.63. The minimum atomic E-state index is -0.601. The third-order valence-corrected chi connectivity index (χ3v) is 6.18. The Kier molecular flexibility index (Phi) is 3.80. The van der Waals surface area contributed by atoms with Crippen LogP contribution in [0.25, 0.3) is 0 Å². The molecule has 6 unspecified atom stereocenters. The minimum Gasteiger partial charge on any atom is -0.469 e. The van der Waals surface area contributed by atoms with Crippen LogP contribution in [0.3, 0.4) is 0 Å². The standard InChI is InChI=1S/C10H12Br2O5/c1-15-9(13)3-4(10(14)16-2)8-6(12)5(11)7(3)17-8/h3-8H,1-2H3. The van der Waals surface area contributed by atoms with Crippen LogP contribution in [-0.4, -0.2) is 48.0 Å². The van der Waals surface area contributed by atoms with E-state index in [-0.39, 0.29) is 21.9 Å². The third kappa shape index (κ3) is 1.92. The van der Waals surface area contributed by atoms with Gasteiger partial charge in [0.1, 0.15) is 0 Å². The average molecular weight is 372 g/mol. The van der Waals surface area contributed by atoms with E-state index in [2.05, 4.69) is 31.9 Å². The topological polar surface area (TPSA) is 61.8 Å². The zero-order chi connectivity index (χ0) is 12.7. The molecule has 96 valence electrons. The summed E-state index contributed by atoms with van der Waals surface area (Å²) in [6.45, 7) is 0. The van der Waals surface area contributed by atoms with Gasteiger partial charge in [0.15, 0.2) is 0 Å². The molecular formula is C10H12Br2O5. The Morgan fingerprint density at radius 3 is 1.59 bits per heavy atom. The molecule has 6 atom stereocenters. The number of ether oxygens (including phenoxy) is 3. The van der Waals surface area contributed by atoms with Crippen LogP contribution in [0.1, 0.15) is 0 Å². The Hall–Kier alpha value is -0.140. The van der Waals surface area contributed by atoms with Crippen LogP contribution in [0.2, 0.25) is 0 Å². The van der Waals surface area contributed by atoms with Crippen molar-refractivity contribution in [1.82, 2.24) is 0 Å². The Labute approximate surface area is 115 Å². The number of alkyl halides is 2. The summed E-state index contributed by atoms with van der Waals surface area (Å²) in [5.74, 6) is -2.07. The smallest absolute Gasteiger partial charge is 0.312 e. The number of esters is 2. The summed E-state index contributed by atoms with van der Waals surface area (Å²) in [6.07, 6.45) is -0.721. The Bertz CT molecular complexity index is 316. The average Bonchev–Trinajstić information content (AvgIpc) is 2.85. The molecule has 0 amide bonds. The highest BCUT2D eigenvalue weighted by atomic mass is 79.9. The van der Waals surface area contributed by atoms with Crippen molar-refractivity contribution in [2.75, 3.05) is 14.2 Å². The van der Waals surface area contributed by atoms with E-state index in [4.69, 9.17) is 14.2 Å². The largest absolute Gasteiger partial charge is 0.469 e. The lowest BCUT2D eigenvalue weighted by atomic mass is 9.79. The highest BCUT2D eigenvalue weighted by molar-refractivity contribution is 9.12. The second kappa shape index (κ2) is 4.85. The fourth-order valence-electron chi connectivity index (χ4n) is 2.50. The number of methoxy groups -OCH3 is 2. The Morgan fingerprint density at radius 1 is 0.941 bits per heavy atom. The molecule has 2 saturated heterocycles. The summed E-state index contributed by atoms with van der Waals surface area (Å²) in [4.78, 5) is 23.4. The molecule has 5 nitrogen and oxygen atoms in total. The zero-order valence-corrected chi connectivity index (χ0v) is 12.4. The van der Waals surface area contributed by atoms with Gasteiger partial charge in [0.2, 0.25) is 0 Å². The second-order valence-electron chi connectivity index (χ2n) is 4.05. The van der Waals surface area contributed by atoms with Crippen LogP contribution in [0, 0.1) is 11.8 Å². The predicted molar refractivity (Wildman–Crippen MR) is 65.1 cm³/mol. The van der Waals surface area contributed by atoms with Gasteiger partial charge in [0.05, 0.1) is 47.9 Å². The van der Waals surface area contributed by atoms with E-state index in [1.165, 1.54) is 14.2 Å². The molecule has 0 aromatic heterocycles. The zero-order valence-electron chi connectivity index (χ0n) is 9.26. The van der Waals surface area contributed by atoms with Crippen molar-refractivity contribution in [1.29, 1.82) is 0 Å². The molecule has 0 saturated carbocycles. The van der Waals surface area contributed by atoms with Crippen molar-refractivity contribution in [2.24, 2.45) is 11.8 Å². The highest BCUT2D eigenvalue weighted by Crippen LogP contribution is 2.50. The van der Waals surface area contributed by atoms with Crippen molar-refractivity contribution in [3.8, 4) is 0 Å². The van der Waals surface area contributed by atoms with Crippen molar-refractivity contribution < 1.29 is 23.8 Å². The van der Waals surface area contributed by atoms with E-state index < -0.39 is 23.8 Å². The second-order valence-corrected chi connectivity index (χ2v) is 6.17. The summed E-state index contributed by atoms with van der Waals surface area (Å²) in [6, 6.07) is 0. The SMILES string of the molecule is COC(=O)C1C2OC(C(Br)C2Br)C1C(=O)OC. The third-order valence-electron chi connectivity index (χ3n) is 3.29. The van der Waals surface area contributed by atoms with Crippen molar-refractivity contribution in [3.05, 3.63) is 0 Å². The minimum absolute atomic E-state index is 0.0162. The van der Waals surface area contributed by atoms with Gasteiger partial charge in [-0.1, -0.05) is 31.9 Å². The lowest BCUT2D eigenvalue weighted by molar-refractivity contribution is -0.157. The predicted octanol–water partition coefficient (Wildman–Crippen LogP) is 0.873. The maximum absolute atomic E-state index is 11.7. The van der Waals surface area contributed by atoms with Crippen molar-refractivity contribution in [3.63, 3.8) is 0 Å². The van der Waals surface area contributed by atoms with Gasteiger partial charge >= 0.3 is 11.9 Å². The number of rotatable bonds is 2. The van der Waals surface area contributed by atoms with Crippen LogP contribution in [0.4, 0.5) is 0 Å². The summed E-state index contributed by atoms with van der Waals surface area (Å²) in [5.41, 5.74) is 0. The van der Waals surface area contributed by atoms with Gasteiger partial charge in [-0.2, -0.15) is 0 Å². The summed E-state index contributed by atoms with van der Waals surface area (Å²) < 4.78 is 15.1. The van der Waals surface area contributed by atoms with Crippen LogP contribution < -0.4 is 0 Å². The van der Waals surface area contributed by atoms with Gasteiger partial charge in [-0.25, -0.2) is 0 Å². The van der Waals surface area contributed by atoms with E-state index in [0.717, 1.165) is 0 Å². The molecule has 17 heavy (non-hydrogen) atoms. The van der Waals surface area contributed by atoms with E-state index in [1.54, 1.807) is 0 Å². The molecule has 0 N–H and O–H groups in total. The molecule has 0 aliphatic carbocycles. The van der Waals surface area contributed by atoms with Crippen LogP contribution in [-0.2, 0) is 23.8 Å². The fourth-order valence-corrected chi connectivity index (χ4v) is 4.01. The number of hydrogen-bond donors (Lipinski definition) is 0. The number of fused-ring (bicyclic) bond motifs is 2. The molecule has 2 fully saturated rings. The molecule has 2 aliphatic heterocycles. The van der Waals surface area contributed by atoms with Crippen molar-refractivity contribution >= 4 is 43.8 Å². The van der Waals surface area contributed by atoms with Gasteiger partial charge in [0, 0.05) is 0 Å². The van der Waals surface area contributed by atoms with E-state index in [0.29, 0.717) is 0 Å². The first-order valence-corrected chi connectivity index (χ1v) is 6.95. The van der Waals surface area contributed by atoms with Gasteiger partial charge in [-0.15, -0.1) is 0 Å². The van der Waals surface area contributed by atoms with Crippen LogP contribution in [0.15, 0.2) is 0 Å². The first kappa shape index (κ1) is 13.3. The maximum atomic E-state index is 11.7. The lowest BCUT2D eigenvalue weighted by Crippen LogP contribution is -2.48. The Morgan fingerprint density at radius 2 is 1.29 bits per heavy atom. The molecule has 0 radical (unpaired) electrons. The lowest BCUT2D eigenvalue weighted by Gasteiger charge is -2.29. The number of carbonyl (C=O) groups excluding carboxylic acids is 2. The monoisotopic (exact) mass is 370 g/mol. The number of halogens is 2. The van der Waals surface area contributed by atoms with Crippen LogP contribution >= 0.6 is 31.9 Å². The maximum Gasteiger partial charge on any atom is 0.312 e. The summed E-state index contributed by atoms with van der Waals surface area (Å²) in [7, 11) is 2.61. The summed E-state index contributed by atoms with van der Waals surface area (Å²) >= 11 is 6.93. The quantitative estimate of drug-likeness (QED) is 0.532. The molecular weight excluding hydrogens is 360 g/mol. The first-order chi connectivity index (χ1) is 8.02. The number of carbonyl (C=O) groups is 2. The molecule has 7 heteroatoms. The van der Waals surface area contributed by atoms with E-state index in [1.807, 2.05) is 0 Å². The van der Waals surface area contributed by atoms with Gasteiger partial charge in [0.25, 0.3) is 0 Å². The number of hydrogen-bond acceptors (Lipinski definition) is 5. The van der Waals surface area contributed by atoms with Crippen molar-refractivity contribution in [2.45, 2.75) is 21.9 Å². The van der Waals surface area contributed by atoms with Gasteiger partial charge < -0.3 is 14.2 Å². The molecule has 0 aromatic rings. The first-order valence-electron chi connectivity index (χ1n) is 5.12. The normalized spacial score (nSPS) is 43.5. The van der Waals surface area contributed by atoms with Gasteiger partial charge in [-0.3, -0.25) is 9.59 Å².